The van der Waals surface area contributed by atoms with Gasteiger partial charge in [-0.05, 0) is 0 Å². The molecule has 8 heteroatoms. The second-order valence-electron chi connectivity index (χ2n) is 3.90. The van der Waals surface area contributed by atoms with Gasteiger partial charge in [-0.25, -0.2) is 8.42 Å². The van der Waals surface area contributed by atoms with Crippen LogP contribution < -0.4 is 0 Å². The predicted octanol–water partition coefficient (Wildman–Crippen LogP) is 0.648. The number of carbonyl (C=O) groups excluding carboxylic acids is 1. The van der Waals surface area contributed by atoms with Crippen molar-refractivity contribution >= 4 is 25.6 Å². The van der Waals surface area contributed by atoms with Crippen LogP contribution in [-0.4, -0.2) is 30.9 Å². The number of aromatic nitrogens is 1. The van der Waals surface area contributed by atoms with Crippen LogP contribution in [0, 0.1) is 0 Å². The second-order valence-corrected chi connectivity index (χ2v) is 6.68. The quantitative estimate of drug-likeness (QED) is 0.742. The van der Waals surface area contributed by atoms with E-state index in [1.165, 1.54) is 6.92 Å². The van der Waals surface area contributed by atoms with E-state index in [0.717, 1.165) is 0 Å². The highest BCUT2D eigenvalue weighted by Gasteiger charge is 2.27. The maximum Gasteiger partial charge on any atom is 0.238 e. The van der Waals surface area contributed by atoms with Crippen LogP contribution in [0.4, 0.5) is 0 Å². The Kier molecular flexibility index (Phi) is 3.13. The van der Waals surface area contributed by atoms with Gasteiger partial charge in [-0.3, -0.25) is 4.79 Å². The van der Waals surface area contributed by atoms with Crippen molar-refractivity contribution in [1.29, 1.82) is 0 Å². The summed E-state index contributed by atoms with van der Waals surface area (Å²) in [7, 11) is 1.50. The second kappa shape index (κ2) is 4.30. The molecule has 94 valence electrons. The molecule has 0 aliphatic carbocycles. The van der Waals surface area contributed by atoms with E-state index in [0.29, 0.717) is 36.5 Å². The molecule has 0 saturated carbocycles. The Labute approximate surface area is 103 Å². The first-order valence-electron chi connectivity index (χ1n) is 5.01. The monoisotopic (exact) mass is 278 g/mol. The summed E-state index contributed by atoms with van der Waals surface area (Å²) in [4.78, 5) is 12.9. The Morgan fingerprint density at radius 1 is 1.59 bits per heavy atom. The molecule has 0 spiro atoms. The van der Waals surface area contributed by atoms with Gasteiger partial charge in [0.05, 0.1) is 6.54 Å². The predicted molar refractivity (Wildman–Crippen MR) is 59.8 cm³/mol. The average molecular weight is 279 g/mol. The molecule has 0 atom stereocenters. The van der Waals surface area contributed by atoms with Crippen LogP contribution in [0.15, 0.2) is 4.52 Å². The zero-order valence-electron chi connectivity index (χ0n) is 9.14. The minimum absolute atomic E-state index is 0.0588. The molecule has 1 aromatic rings. The van der Waals surface area contributed by atoms with Gasteiger partial charge in [0, 0.05) is 36.1 Å². The van der Waals surface area contributed by atoms with Crippen LogP contribution in [0.5, 0.6) is 0 Å². The fourth-order valence-corrected chi connectivity index (χ4v) is 2.67. The van der Waals surface area contributed by atoms with Crippen LogP contribution in [0.3, 0.4) is 0 Å². The smallest absolute Gasteiger partial charge is 0.238 e. The lowest BCUT2D eigenvalue weighted by molar-refractivity contribution is -0.129. The number of amides is 1. The molecular formula is C9H11ClN2O4S. The lowest BCUT2D eigenvalue weighted by Gasteiger charge is -2.24. The highest BCUT2D eigenvalue weighted by Crippen LogP contribution is 2.24. The number of carbonyl (C=O) groups is 1. The molecule has 2 rings (SSSR count). The van der Waals surface area contributed by atoms with Gasteiger partial charge >= 0.3 is 0 Å². The van der Waals surface area contributed by atoms with Crippen molar-refractivity contribution in [2.75, 3.05) is 6.54 Å². The lowest BCUT2D eigenvalue weighted by Crippen LogP contribution is -2.34. The minimum atomic E-state index is -3.67. The van der Waals surface area contributed by atoms with Crippen molar-refractivity contribution in [3.05, 3.63) is 17.0 Å². The average Bonchev–Trinajstić information content (AvgIpc) is 2.58. The number of halogens is 1. The molecule has 0 unspecified atom stereocenters. The summed E-state index contributed by atoms with van der Waals surface area (Å²) in [6, 6.07) is 0. The van der Waals surface area contributed by atoms with E-state index in [9.17, 15) is 13.2 Å². The van der Waals surface area contributed by atoms with Gasteiger partial charge in [0.1, 0.15) is 17.2 Å². The van der Waals surface area contributed by atoms with Crippen LogP contribution >= 0.6 is 10.7 Å². The van der Waals surface area contributed by atoms with E-state index in [1.807, 2.05) is 0 Å². The highest BCUT2D eigenvalue weighted by molar-refractivity contribution is 8.13. The molecular weight excluding hydrogens is 268 g/mol. The van der Waals surface area contributed by atoms with Crippen molar-refractivity contribution in [3.63, 3.8) is 0 Å². The summed E-state index contributed by atoms with van der Waals surface area (Å²) in [6.45, 7) is 2.36. The van der Waals surface area contributed by atoms with E-state index in [1.54, 1.807) is 4.90 Å². The first-order valence-corrected chi connectivity index (χ1v) is 7.49. The molecule has 6 nitrogen and oxygen atoms in total. The molecule has 1 aliphatic rings. The third-order valence-electron chi connectivity index (χ3n) is 2.66. The third kappa shape index (κ3) is 2.78. The summed E-state index contributed by atoms with van der Waals surface area (Å²) in [5.41, 5.74) is 0.955. The molecule has 0 radical (unpaired) electrons. The van der Waals surface area contributed by atoms with Gasteiger partial charge < -0.3 is 9.42 Å². The van der Waals surface area contributed by atoms with E-state index in [4.69, 9.17) is 15.2 Å². The summed E-state index contributed by atoms with van der Waals surface area (Å²) >= 11 is 0. The zero-order valence-corrected chi connectivity index (χ0v) is 10.7. The Morgan fingerprint density at radius 3 is 2.88 bits per heavy atom. The van der Waals surface area contributed by atoms with Crippen LogP contribution in [0.25, 0.3) is 0 Å². The van der Waals surface area contributed by atoms with Crippen molar-refractivity contribution in [2.24, 2.45) is 0 Å². The van der Waals surface area contributed by atoms with Crippen molar-refractivity contribution < 1.29 is 17.7 Å². The third-order valence-corrected chi connectivity index (χ3v) is 3.61. The van der Waals surface area contributed by atoms with Gasteiger partial charge in [0.25, 0.3) is 0 Å². The number of rotatable bonds is 2. The standard InChI is InChI=1S/C9H11ClN2O4S/c1-6(13)12-3-2-9-7(4-12)8(11-16-9)5-17(10,14)15/h2-5H2,1H3. The van der Waals surface area contributed by atoms with Crippen molar-refractivity contribution in [2.45, 2.75) is 25.6 Å². The molecule has 1 amide bonds. The Morgan fingerprint density at radius 2 is 2.29 bits per heavy atom. The van der Waals surface area contributed by atoms with Gasteiger partial charge in [-0.2, -0.15) is 0 Å². The molecule has 1 aliphatic heterocycles. The fraction of sp³-hybridized carbons (Fsp3) is 0.556. The van der Waals surface area contributed by atoms with Gasteiger partial charge in [0.2, 0.25) is 15.0 Å². The van der Waals surface area contributed by atoms with Crippen LogP contribution in [-0.2, 0) is 32.6 Å². The molecule has 0 N–H and O–H groups in total. The van der Waals surface area contributed by atoms with E-state index in [2.05, 4.69) is 5.16 Å². The molecule has 0 saturated heterocycles. The summed E-state index contributed by atoms with van der Waals surface area (Å²) in [5, 5.41) is 3.70. The maximum atomic E-state index is 11.3. The van der Waals surface area contributed by atoms with E-state index >= 15 is 0 Å². The van der Waals surface area contributed by atoms with Crippen LogP contribution in [0.1, 0.15) is 23.9 Å². The van der Waals surface area contributed by atoms with Gasteiger partial charge in [0.15, 0.2) is 0 Å². The normalized spacial score (nSPS) is 15.8. The SMILES string of the molecule is CC(=O)N1CCc2onc(CS(=O)(=O)Cl)c2C1. The Bertz CT molecular complexity index is 551. The zero-order chi connectivity index (χ0) is 12.6. The highest BCUT2D eigenvalue weighted by atomic mass is 35.7. The van der Waals surface area contributed by atoms with E-state index < -0.39 is 9.05 Å². The summed E-state index contributed by atoms with van der Waals surface area (Å²) < 4.78 is 27.1. The molecule has 0 bridgehead atoms. The number of nitrogens with zero attached hydrogens (tertiary/aromatic N) is 2. The maximum absolute atomic E-state index is 11.3. The number of hydrogen-bond donors (Lipinski definition) is 0. The molecule has 1 aromatic heterocycles. The summed E-state index contributed by atoms with van der Waals surface area (Å²) in [5.74, 6) is 0.202. The fourth-order valence-electron chi connectivity index (χ4n) is 1.81. The topological polar surface area (TPSA) is 80.5 Å². The Balaban J connectivity index is 2.28. The Hall–Kier alpha value is -1.08. The molecule has 2 heterocycles. The number of fused-ring (bicyclic) bond motifs is 1. The first-order chi connectivity index (χ1) is 7.87. The minimum Gasteiger partial charge on any atom is -0.361 e. The largest absolute Gasteiger partial charge is 0.361 e. The van der Waals surface area contributed by atoms with Crippen LogP contribution in [0.2, 0.25) is 0 Å². The van der Waals surface area contributed by atoms with E-state index in [-0.39, 0.29) is 11.7 Å². The van der Waals surface area contributed by atoms with Crippen molar-refractivity contribution in [1.82, 2.24) is 10.1 Å². The lowest BCUT2D eigenvalue weighted by atomic mass is 10.1. The van der Waals surface area contributed by atoms with Gasteiger partial charge in [-0.15, -0.1) is 0 Å². The van der Waals surface area contributed by atoms with Crippen molar-refractivity contribution in [3.8, 4) is 0 Å². The summed E-state index contributed by atoms with van der Waals surface area (Å²) in [6.07, 6.45) is 0.546. The van der Waals surface area contributed by atoms with Gasteiger partial charge in [-0.1, -0.05) is 5.16 Å². The first kappa shape index (κ1) is 12.4. The number of hydrogen-bond acceptors (Lipinski definition) is 5. The molecule has 17 heavy (non-hydrogen) atoms. The molecule has 0 fully saturated rings. The molecule has 0 aromatic carbocycles.